The van der Waals surface area contributed by atoms with Crippen molar-refractivity contribution in [3.63, 3.8) is 0 Å². The molecule has 1 fully saturated rings. The SMILES string of the molecule is CCN1CCCCN1CC. The van der Waals surface area contributed by atoms with E-state index in [1.807, 2.05) is 0 Å². The van der Waals surface area contributed by atoms with Crippen LogP contribution in [0.2, 0.25) is 0 Å². The fraction of sp³-hybridized carbons (Fsp3) is 1.00. The average Bonchev–Trinajstić information content (AvgIpc) is 2.04. The van der Waals surface area contributed by atoms with Crippen LogP contribution in [0.4, 0.5) is 0 Å². The highest BCUT2D eigenvalue weighted by molar-refractivity contribution is 4.62. The van der Waals surface area contributed by atoms with Crippen molar-refractivity contribution in [2.24, 2.45) is 0 Å². The molecule has 1 heterocycles. The van der Waals surface area contributed by atoms with Crippen molar-refractivity contribution in [2.45, 2.75) is 26.7 Å². The summed E-state index contributed by atoms with van der Waals surface area (Å²) < 4.78 is 0. The first-order valence-corrected chi connectivity index (χ1v) is 4.38. The van der Waals surface area contributed by atoms with Crippen LogP contribution in [-0.4, -0.2) is 36.2 Å². The standard InChI is InChI=1S/C8H18N2/c1-3-9-7-5-6-8-10(9)4-2/h3-8H2,1-2H3. The van der Waals surface area contributed by atoms with Crippen LogP contribution in [0.15, 0.2) is 0 Å². The van der Waals surface area contributed by atoms with E-state index >= 15 is 0 Å². The quantitative estimate of drug-likeness (QED) is 0.574. The predicted molar refractivity (Wildman–Crippen MR) is 43.7 cm³/mol. The summed E-state index contributed by atoms with van der Waals surface area (Å²) in [5, 5.41) is 4.90. The van der Waals surface area contributed by atoms with Gasteiger partial charge in [0, 0.05) is 26.2 Å². The molecule has 1 aliphatic heterocycles. The van der Waals surface area contributed by atoms with Gasteiger partial charge in [-0.3, -0.25) is 0 Å². The largest absolute Gasteiger partial charge is 0.242 e. The first-order valence-electron chi connectivity index (χ1n) is 4.38. The Balaban J connectivity index is 2.34. The summed E-state index contributed by atoms with van der Waals surface area (Å²) >= 11 is 0. The predicted octanol–water partition coefficient (Wildman–Crippen LogP) is 1.34. The Hall–Kier alpha value is -0.0800. The molecule has 1 rings (SSSR count). The third kappa shape index (κ3) is 1.70. The Labute approximate surface area is 63.8 Å². The van der Waals surface area contributed by atoms with Gasteiger partial charge in [-0.1, -0.05) is 13.8 Å². The van der Waals surface area contributed by atoms with Gasteiger partial charge in [0.15, 0.2) is 0 Å². The number of hydrazine groups is 1. The van der Waals surface area contributed by atoms with Crippen molar-refractivity contribution in [3.8, 4) is 0 Å². The molecule has 2 heteroatoms. The van der Waals surface area contributed by atoms with E-state index < -0.39 is 0 Å². The normalized spacial score (nSPS) is 23.4. The van der Waals surface area contributed by atoms with Gasteiger partial charge >= 0.3 is 0 Å². The number of rotatable bonds is 2. The average molecular weight is 142 g/mol. The molecule has 0 radical (unpaired) electrons. The minimum atomic E-state index is 1.17. The maximum absolute atomic E-state index is 2.45. The van der Waals surface area contributed by atoms with Crippen LogP contribution in [0, 0.1) is 0 Å². The molecule has 0 spiro atoms. The van der Waals surface area contributed by atoms with Crippen molar-refractivity contribution in [3.05, 3.63) is 0 Å². The smallest absolute Gasteiger partial charge is 0.0133 e. The lowest BCUT2D eigenvalue weighted by atomic mass is 10.2. The molecule has 0 unspecified atom stereocenters. The third-order valence-corrected chi connectivity index (χ3v) is 2.21. The van der Waals surface area contributed by atoms with Crippen molar-refractivity contribution in [1.29, 1.82) is 0 Å². The summed E-state index contributed by atoms with van der Waals surface area (Å²) in [7, 11) is 0. The summed E-state index contributed by atoms with van der Waals surface area (Å²) in [5.41, 5.74) is 0. The topological polar surface area (TPSA) is 6.48 Å². The highest BCUT2D eigenvalue weighted by Gasteiger charge is 2.14. The minimum Gasteiger partial charge on any atom is -0.242 e. The minimum absolute atomic E-state index is 1.17. The van der Waals surface area contributed by atoms with Gasteiger partial charge in [-0.25, -0.2) is 10.0 Å². The zero-order chi connectivity index (χ0) is 7.40. The van der Waals surface area contributed by atoms with E-state index in [2.05, 4.69) is 23.9 Å². The Morgan fingerprint density at radius 2 is 1.30 bits per heavy atom. The summed E-state index contributed by atoms with van der Waals surface area (Å²) in [6.07, 6.45) is 2.76. The maximum Gasteiger partial charge on any atom is 0.0133 e. The van der Waals surface area contributed by atoms with Crippen molar-refractivity contribution in [2.75, 3.05) is 26.2 Å². The van der Waals surface area contributed by atoms with Gasteiger partial charge in [0.1, 0.15) is 0 Å². The zero-order valence-corrected chi connectivity index (χ0v) is 7.14. The van der Waals surface area contributed by atoms with E-state index in [4.69, 9.17) is 0 Å². The van der Waals surface area contributed by atoms with E-state index in [-0.39, 0.29) is 0 Å². The van der Waals surface area contributed by atoms with Crippen molar-refractivity contribution < 1.29 is 0 Å². The summed E-state index contributed by atoms with van der Waals surface area (Å²) in [5.74, 6) is 0. The molecule has 60 valence electrons. The number of nitrogens with zero attached hydrogens (tertiary/aromatic N) is 2. The Bertz CT molecular complexity index is 81.3. The molecular formula is C8H18N2. The Kier molecular flexibility index (Phi) is 3.16. The van der Waals surface area contributed by atoms with Gasteiger partial charge in [0.25, 0.3) is 0 Å². The molecule has 0 aromatic carbocycles. The van der Waals surface area contributed by atoms with Crippen LogP contribution < -0.4 is 0 Å². The molecule has 0 aromatic heterocycles. The molecule has 0 aliphatic carbocycles. The van der Waals surface area contributed by atoms with Gasteiger partial charge in [-0.05, 0) is 12.8 Å². The van der Waals surface area contributed by atoms with Crippen LogP contribution in [0.1, 0.15) is 26.7 Å². The van der Waals surface area contributed by atoms with Gasteiger partial charge < -0.3 is 0 Å². The lowest BCUT2D eigenvalue weighted by Crippen LogP contribution is -2.46. The highest BCUT2D eigenvalue weighted by atomic mass is 15.6. The second-order valence-corrected chi connectivity index (χ2v) is 2.80. The second kappa shape index (κ2) is 3.94. The molecule has 0 N–H and O–H groups in total. The second-order valence-electron chi connectivity index (χ2n) is 2.80. The van der Waals surface area contributed by atoms with Crippen LogP contribution in [0.5, 0.6) is 0 Å². The lowest BCUT2D eigenvalue weighted by Gasteiger charge is -2.37. The fourth-order valence-corrected chi connectivity index (χ4v) is 1.59. The van der Waals surface area contributed by atoms with Gasteiger partial charge in [-0.2, -0.15) is 0 Å². The molecular weight excluding hydrogens is 124 g/mol. The van der Waals surface area contributed by atoms with E-state index in [1.54, 1.807) is 0 Å². The van der Waals surface area contributed by atoms with Crippen molar-refractivity contribution in [1.82, 2.24) is 10.0 Å². The summed E-state index contributed by atoms with van der Waals surface area (Å²) in [6.45, 7) is 9.35. The molecule has 2 nitrogen and oxygen atoms in total. The highest BCUT2D eigenvalue weighted by Crippen LogP contribution is 2.08. The molecule has 0 atom stereocenters. The van der Waals surface area contributed by atoms with Gasteiger partial charge in [0.05, 0.1) is 0 Å². The van der Waals surface area contributed by atoms with Crippen molar-refractivity contribution >= 4 is 0 Å². The molecule has 0 saturated carbocycles. The zero-order valence-electron chi connectivity index (χ0n) is 7.14. The van der Waals surface area contributed by atoms with Gasteiger partial charge in [-0.15, -0.1) is 0 Å². The molecule has 0 bridgehead atoms. The number of hydrogen-bond donors (Lipinski definition) is 0. The molecule has 1 saturated heterocycles. The Morgan fingerprint density at radius 1 is 0.900 bits per heavy atom. The third-order valence-electron chi connectivity index (χ3n) is 2.21. The lowest BCUT2D eigenvalue weighted by molar-refractivity contribution is -0.0414. The molecule has 1 aliphatic rings. The number of hydrogen-bond acceptors (Lipinski definition) is 2. The maximum atomic E-state index is 2.45. The first-order chi connectivity index (χ1) is 4.88. The first kappa shape index (κ1) is 8.02. The summed E-state index contributed by atoms with van der Waals surface area (Å²) in [4.78, 5) is 0. The van der Waals surface area contributed by atoms with Crippen LogP contribution >= 0.6 is 0 Å². The Morgan fingerprint density at radius 3 is 1.60 bits per heavy atom. The van der Waals surface area contributed by atoms with E-state index in [0.29, 0.717) is 0 Å². The van der Waals surface area contributed by atoms with E-state index in [1.165, 1.54) is 39.0 Å². The molecule has 10 heavy (non-hydrogen) atoms. The fourth-order valence-electron chi connectivity index (χ4n) is 1.59. The van der Waals surface area contributed by atoms with Gasteiger partial charge in [0.2, 0.25) is 0 Å². The molecule has 0 amide bonds. The van der Waals surface area contributed by atoms with Crippen LogP contribution in [0.25, 0.3) is 0 Å². The monoisotopic (exact) mass is 142 g/mol. The van der Waals surface area contributed by atoms with E-state index in [9.17, 15) is 0 Å². The van der Waals surface area contributed by atoms with Crippen LogP contribution in [0.3, 0.4) is 0 Å². The summed E-state index contributed by atoms with van der Waals surface area (Å²) in [6, 6.07) is 0. The molecule has 0 aromatic rings. The van der Waals surface area contributed by atoms with E-state index in [0.717, 1.165) is 0 Å². The van der Waals surface area contributed by atoms with Crippen LogP contribution in [-0.2, 0) is 0 Å².